The Kier molecular flexibility index (Phi) is 4.61. The molecule has 0 atom stereocenters. The molecule has 7 aromatic rings. The van der Waals surface area contributed by atoms with E-state index in [1.165, 1.54) is 0 Å². The predicted molar refractivity (Wildman–Crippen MR) is 147 cm³/mol. The van der Waals surface area contributed by atoms with Gasteiger partial charge in [-0.15, -0.1) is 0 Å². The van der Waals surface area contributed by atoms with E-state index in [1.807, 2.05) is 58.8 Å². The molecular formula is C29H21N7O2. The van der Waals surface area contributed by atoms with Gasteiger partial charge >= 0.3 is 5.69 Å². The number of nitrogens with two attached hydrogens (primary N) is 1. The van der Waals surface area contributed by atoms with Gasteiger partial charge in [-0.05, 0) is 59.3 Å². The van der Waals surface area contributed by atoms with Gasteiger partial charge in [-0.3, -0.25) is 9.36 Å². The van der Waals surface area contributed by atoms with Gasteiger partial charge < -0.3 is 20.3 Å². The van der Waals surface area contributed by atoms with E-state index in [4.69, 9.17) is 10.7 Å². The molecule has 0 spiro atoms. The highest BCUT2D eigenvalue weighted by Crippen LogP contribution is 2.37. The van der Waals surface area contributed by atoms with Gasteiger partial charge in [-0.25, -0.2) is 14.8 Å². The molecule has 38 heavy (non-hydrogen) atoms. The predicted octanol–water partition coefficient (Wildman–Crippen LogP) is 4.51. The lowest BCUT2D eigenvalue weighted by Gasteiger charge is -2.14. The van der Waals surface area contributed by atoms with Crippen LogP contribution < -0.4 is 11.4 Å². The van der Waals surface area contributed by atoms with E-state index in [0.717, 1.165) is 38.8 Å². The number of aryl methyl sites for hydroxylation is 1. The van der Waals surface area contributed by atoms with Crippen LogP contribution in [0.5, 0.6) is 0 Å². The number of hydrogen-bond acceptors (Lipinski definition) is 4. The molecule has 3 aromatic heterocycles. The molecule has 0 aliphatic heterocycles. The highest BCUT2D eigenvalue weighted by molar-refractivity contribution is 6.02. The van der Waals surface area contributed by atoms with Gasteiger partial charge in [0, 0.05) is 29.4 Å². The summed E-state index contributed by atoms with van der Waals surface area (Å²) in [5.41, 5.74) is 12.2. The molecule has 4 aromatic carbocycles. The number of nitrogens with zero attached hydrogens (tertiary/aromatic N) is 4. The second-order valence-electron chi connectivity index (χ2n) is 9.28. The number of H-pyrrole nitrogens is 2. The van der Waals surface area contributed by atoms with Crippen LogP contribution in [-0.2, 0) is 7.05 Å². The topological polar surface area (TPSA) is 127 Å². The van der Waals surface area contributed by atoms with Crippen LogP contribution in [0.2, 0.25) is 0 Å². The normalized spacial score (nSPS) is 11.6. The molecule has 0 bridgehead atoms. The van der Waals surface area contributed by atoms with Crippen molar-refractivity contribution >= 4 is 38.7 Å². The zero-order valence-corrected chi connectivity index (χ0v) is 20.3. The number of hydrogen-bond donors (Lipinski definition) is 3. The molecule has 184 valence electrons. The quantitative estimate of drug-likeness (QED) is 0.329. The molecular weight excluding hydrogens is 478 g/mol. The van der Waals surface area contributed by atoms with E-state index in [9.17, 15) is 9.59 Å². The summed E-state index contributed by atoms with van der Waals surface area (Å²) in [6.07, 6.45) is 3.61. The van der Waals surface area contributed by atoms with Gasteiger partial charge in [0.1, 0.15) is 5.82 Å². The van der Waals surface area contributed by atoms with Gasteiger partial charge in [-0.1, -0.05) is 24.3 Å². The van der Waals surface area contributed by atoms with Crippen LogP contribution in [0, 0.1) is 0 Å². The van der Waals surface area contributed by atoms with E-state index in [1.54, 1.807) is 18.5 Å². The fraction of sp³-hybridized carbons (Fsp3) is 0.0345. The molecule has 9 heteroatoms. The zero-order chi connectivity index (χ0) is 26.0. The Morgan fingerprint density at radius 1 is 0.947 bits per heavy atom. The number of rotatable bonds is 4. The van der Waals surface area contributed by atoms with Crippen LogP contribution in [-0.4, -0.2) is 35.0 Å². The maximum atomic E-state index is 12.0. The molecule has 0 unspecified atom stereocenters. The number of imidazole rings is 3. The number of carbonyl (C=O) groups is 1. The standard InChI is InChI=1S/C29H21N7O2/c1-35-15-31-14-26(35)18-10-16-4-2-3-5-20(16)21(11-18)28-32-24-12-17(27(30)37)6-9-25(24)36(28)19-7-8-22-23(13-19)34-29(38)33-22/h2-15H,1H3,(H2,30,37)(H2,33,34,38). The molecule has 0 saturated heterocycles. The lowest BCUT2D eigenvalue weighted by molar-refractivity contribution is 0.100. The molecule has 0 fully saturated rings. The van der Waals surface area contributed by atoms with Crippen molar-refractivity contribution in [1.82, 2.24) is 29.1 Å². The summed E-state index contributed by atoms with van der Waals surface area (Å²) in [5.74, 6) is 0.178. The molecule has 4 N–H and O–H groups in total. The first-order chi connectivity index (χ1) is 18.5. The van der Waals surface area contributed by atoms with Crippen LogP contribution in [0.15, 0.2) is 90.1 Å². The third kappa shape index (κ3) is 3.33. The summed E-state index contributed by atoms with van der Waals surface area (Å²) in [4.78, 5) is 38.9. The Labute approximate surface area is 215 Å². The van der Waals surface area contributed by atoms with E-state index >= 15 is 0 Å². The lowest BCUT2D eigenvalue weighted by Crippen LogP contribution is -2.10. The van der Waals surface area contributed by atoms with Gasteiger partial charge in [0.25, 0.3) is 0 Å². The second-order valence-corrected chi connectivity index (χ2v) is 9.28. The van der Waals surface area contributed by atoms with Crippen molar-refractivity contribution in [3.63, 3.8) is 0 Å². The zero-order valence-electron chi connectivity index (χ0n) is 20.3. The van der Waals surface area contributed by atoms with Gasteiger partial charge in [0.05, 0.1) is 40.3 Å². The van der Waals surface area contributed by atoms with Crippen molar-refractivity contribution < 1.29 is 4.79 Å². The van der Waals surface area contributed by atoms with Crippen molar-refractivity contribution in [3.8, 4) is 28.3 Å². The third-order valence-corrected chi connectivity index (χ3v) is 6.91. The van der Waals surface area contributed by atoms with Crippen LogP contribution >= 0.6 is 0 Å². The van der Waals surface area contributed by atoms with E-state index in [2.05, 4.69) is 39.2 Å². The summed E-state index contributed by atoms with van der Waals surface area (Å²) in [7, 11) is 1.96. The average Bonchev–Trinajstić information content (AvgIpc) is 3.62. The molecule has 7 rings (SSSR count). The Morgan fingerprint density at radius 2 is 1.79 bits per heavy atom. The van der Waals surface area contributed by atoms with E-state index in [0.29, 0.717) is 27.9 Å². The minimum Gasteiger partial charge on any atom is -0.366 e. The highest BCUT2D eigenvalue weighted by Gasteiger charge is 2.20. The first-order valence-corrected chi connectivity index (χ1v) is 12.0. The van der Waals surface area contributed by atoms with Crippen molar-refractivity contribution in [2.75, 3.05) is 0 Å². The molecule has 1 amide bonds. The van der Waals surface area contributed by atoms with Crippen molar-refractivity contribution in [2.24, 2.45) is 12.8 Å². The minimum absolute atomic E-state index is 0.270. The van der Waals surface area contributed by atoms with Crippen LogP contribution in [0.3, 0.4) is 0 Å². The molecule has 3 heterocycles. The number of nitrogens with one attached hydrogen (secondary N) is 2. The Balaban J connectivity index is 1.58. The Hall–Kier alpha value is -5.44. The van der Waals surface area contributed by atoms with Crippen molar-refractivity contribution in [3.05, 3.63) is 101 Å². The van der Waals surface area contributed by atoms with Gasteiger partial charge in [0.15, 0.2) is 0 Å². The number of aromatic amines is 2. The fourth-order valence-corrected chi connectivity index (χ4v) is 5.11. The number of benzene rings is 4. The van der Waals surface area contributed by atoms with Crippen LogP contribution in [0.1, 0.15) is 10.4 Å². The molecule has 0 radical (unpaired) electrons. The van der Waals surface area contributed by atoms with Gasteiger partial charge in [-0.2, -0.15) is 0 Å². The van der Waals surface area contributed by atoms with E-state index < -0.39 is 5.91 Å². The van der Waals surface area contributed by atoms with Gasteiger partial charge in [0.2, 0.25) is 5.91 Å². The third-order valence-electron chi connectivity index (χ3n) is 6.91. The molecule has 0 aliphatic rings. The molecule has 0 saturated carbocycles. The number of aromatic nitrogens is 6. The second kappa shape index (κ2) is 8.04. The molecule has 0 aliphatic carbocycles. The van der Waals surface area contributed by atoms with Crippen molar-refractivity contribution in [2.45, 2.75) is 0 Å². The summed E-state index contributed by atoms with van der Waals surface area (Å²) in [5, 5.41) is 2.09. The minimum atomic E-state index is -0.516. The maximum Gasteiger partial charge on any atom is 0.323 e. The Morgan fingerprint density at radius 3 is 2.61 bits per heavy atom. The first kappa shape index (κ1) is 21.8. The summed E-state index contributed by atoms with van der Waals surface area (Å²) < 4.78 is 4.02. The molecule has 9 nitrogen and oxygen atoms in total. The Bertz CT molecular complexity index is 2110. The number of carbonyl (C=O) groups excluding carboxylic acids is 1. The summed E-state index contributed by atoms with van der Waals surface area (Å²) >= 11 is 0. The number of fused-ring (bicyclic) bond motifs is 3. The lowest BCUT2D eigenvalue weighted by atomic mass is 9.98. The van der Waals surface area contributed by atoms with Crippen molar-refractivity contribution in [1.29, 1.82) is 0 Å². The highest BCUT2D eigenvalue weighted by atomic mass is 16.1. The van der Waals surface area contributed by atoms with E-state index in [-0.39, 0.29) is 5.69 Å². The van der Waals surface area contributed by atoms with Crippen LogP contribution in [0.25, 0.3) is 61.2 Å². The number of amides is 1. The number of primary amides is 1. The first-order valence-electron chi connectivity index (χ1n) is 12.0. The van der Waals surface area contributed by atoms with Crippen LogP contribution in [0.4, 0.5) is 0 Å². The average molecular weight is 500 g/mol. The smallest absolute Gasteiger partial charge is 0.323 e. The largest absolute Gasteiger partial charge is 0.366 e. The summed E-state index contributed by atoms with van der Waals surface area (Å²) in [6, 6.07) is 23.4. The summed E-state index contributed by atoms with van der Waals surface area (Å²) in [6.45, 7) is 0. The fourth-order valence-electron chi connectivity index (χ4n) is 5.11. The SMILES string of the molecule is Cn1cncc1-c1cc(-c2nc3cc(C(N)=O)ccc3n2-c2ccc3[nH]c(=O)[nH]c3c2)c2ccccc2c1. The maximum absolute atomic E-state index is 12.0. The monoisotopic (exact) mass is 499 g/mol.